The lowest BCUT2D eigenvalue weighted by Gasteiger charge is -2.34. The molecule has 0 aliphatic heterocycles. The van der Waals surface area contributed by atoms with Crippen molar-refractivity contribution >= 4 is 39.1 Å². The number of halogens is 2. The molecule has 2 atom stereocenters. The molecule has 0 heterocycles. The van der Waals surface area contributed by atoms with Crippen LogP contribution in [0.3, 0.4) is 0 Å². The fourth-order valence-corrected chi connectivity index (χ4v) is 5.32. The van der Waals surface area contributed by atoms with Crippen LogP contribution in [-0.2, 0) is 32.6 Å². The summed E-state index contributed by atoms with van der Waals surface area (Å²) in [5, 5.41) is 3.25. The molecule has 0 saturated carbocycles. The van der Waals surface area contributed by atoms with Gasteiger partial charge >= 0.3 is 0 Å². The van der Waals surface area contributed by atoms with E-state index in [0.29, 0.717) is 17.0 Å². The number of anilines is 1. The molecular weight excluding hydrogens is 553 g/mol. The summed E-state index contributed by atoms with van der Waals surface area (Å²) in [5.41, 5.74) is 1.84. The van der Waals surface area contributed by atoms with Crippen LogP contribution >= 0.6 is 11.6 Å². The molecule has 0 aromatic heterocycles. The molecule has 3 aromatic carbocycles. The average Bonchev–Trinajstić information content (AvgIpc) is 2.91. The summed E-state index contributed by atoms with van der Waals surface area (Å²) >= 11 is 6.17. The van der Waals surface area contributed by atoms with E-state index in [9.17, 15) is 22.4 Å². The van der Waals surface area contributed by atoms with Crippen molar-refractivity contribution in [2.24, 2.45) is 0 Å². The molecule has 0 radical (unpaired) electrons. The Balaban J connectivity index is 2.10. The largest absolute Gasteiger partial charge is 0.352 e. The van der Waals surface area contributed by atoms with Crippen molar-refractivity contribution in [1.82, 2.24) is 10.2 Å². The molecule has 0 fully saturated rings. The van der Waals surface area contributed by atoms with Crippen LogP contribution in [0, 0.1) is 12.7 Å². The number of hydrogen-bond donors (Lipinski definition) is 1. The van der Waals surface area contributed by atoms with Crippen LogP contribution in [0.5, 0.6) is 0 Å². The van der Waals surface area contributed by atoms with Crippen LogP contribution in [0.15, 0.2) is 72.8 Å². The Hall–Kier alpha value is -3.43. The predicted molar refractivity (Wildman–Crippen MR) is 157 cm³/mol. The SMILES string of the molecule is CC[C@H](C)NC(=O)[C@H](Cc1ccccc1)N(Cc1ccccc1F)C(=O)CN(c1cc(Cl)ccc1C)S(C)(=O)=O. The van der Waals surface area contributed by atoms with Crippen LogP contribution in [0.1, 0.15) is 37.0 Å². The number of hydrogen-bond acceptors (Lipinski definition) is 4. The molecule has 0 spiro atoms. The van der Waals surface area contributed by atoms with Crippen molar-refractivity contribution in [3.63, 3.8) is 0 Å². The van der Waals surface area contributed by atoms with Gasteiger partial charge in [-0.1, -0.05) is 73.1 Å². The maximum absolute atomic E-state index is 14.8. The van der Waals surface area contributed by atoms with Gasteiger partial charge in [0.15, 0.2) is 0 Å². The second-order valence-electron chi connectivity index (χ2n) is 9.84. The molecule has 0 unspecified atom stereocenters. The summed E-state index contributed by atoms with van der Waals surface area (Å²) in [7, 11) is -3.94. The van der Waals surface area contributed by atoms with Crippen molar-refractivity contribution in [2.45, 2.75) is 52.2 Å². The summed E-state index contributed by atoms with van der Waals surface area (Å²) < 4.78 is 41.6. The minimum Gasteiger partial charge on any atom is -0.352 e. The first-order valence-corrected chi connectivity index (χ1v) is 15.2. The third kappa shape index (κ3) is 8.29. The number of rotatable bonds is 12. The lowest BCUT2D eigenvalue weighted by molar-refractivity contribution is -0.140. The summed E-state index contributed by atoms with van der Waals surface area (Å²) in [6.07, 6.45) is 1.82. The normalized spacial score (nSPS) is 12.8. The quantitative estimate of drug-likeness (QED) is 0.319. The number of nitrogens with zero attached hydrogens (tertiary/aromatic N) is 2. The van der Waals surface area contributed by atoms with Crippen molar-refractivity contribution < 1.29 is 22.4 Å². The van der Waals surface area contributed by atoms with E-state index in [0.717, 1.165) is 16.1 Å². The molecule has 214 valence electrons. The lowest BCUT2D eigenvalue weighted by atomic mass is 10.0. The average molecular weight is 588 g/mol. The number of aryl methyl sites for hydroxylation is 1. The second-order valence-corrected chi connectivity index (χ2v) is 12.2. The first kappa shape index (κ1) is 31.1. The monoisotopic (exact) mass is 587 g/mol. The number of sulfonamides is 1. The van der Waals surface area contributed by atoms with Gasteiger partial charge in [0, 0.05) is 29.6 Å². The molecule has 0 saturated heterocycles. The van der Waals surface area contributed by atoms with Gasteiger partial charge in [0.05, 0.1) is 11.9 Å². The molecule has 1 N–H and O–H groups in total. The Morgan fingerprint density at radius 3 is 2.30 bits per heavy atom. The van der Waals surface area contributed by atoms with Crippen LogP contribution in [0.4, 0.5) is 10.1 Å². The Kier molecular flexibility index (Phi) is 10.7. The highest BCUT2D eigenvalue weighted by molar-refractivity contribution is 7.92. The van der Waals surface area contributed by atoms with Gasteiger partial charge in [-0.2, -0.15) is 0 Å². The molecule has 0 aliphatic rings. The minimum absolute atomic E-state index is 0.151. The van der Waals surface area contributed by atoms with Crippen molar-refractivity contribution in [2.75, 3.05) is 17.1 Å². The Morgan fingerprint density at radius 1 is 1.02 bits per heavy atom. The van der Waals surface area contributed by atoms with Gasteiger partial charge in [-0.05, 0) is 49.6 Å². The smallest absolute Gasteiger partial charge is 0.244 e. The van der Waals surface area contributed by atoms with E-state index in [1.54, 1.807) is 25.1 Å². The zero-order valence-corrected chi connectivity index (χ0v) is 24.7. The highest BCUT2D eigenvalue weighted by Gasteiger charge is 2.34. The van der Waals surface area contributed by atoms with E-state index in [-0.39, 0.29) is 30.3 Å². The van der Waals surface area contributed by atoms with E-state index in [1.165, 1.54) is 29.2 Å². The van der Waals surface area contributed by atoms with Crippen molar-refractivity contribution in [1.29, 1.82) is 0 Å². The fourth-order valence-electron chi connectivity index (χ4n) is 4.25. The maximum atomic E-state index is 14.8. The van der Waals surface area contributed by atoms with Crippen LogP contribution in [0.2, 0.25) is 5.02 Å². The zero-order chi connectivity index (χ0) is 29.4. The molecule has 3 rings (SSSR count). The third-order valence-corrected chi connectivity index (χ3v) is 8.05. The molecule has 2 amide bonds. The molecule has 0 bridgehead atoms. The molecule has 3 aromatic rings. The summed E-state index contributed by atoms with van der Waals surface area (Å²) in [6, 6.07) is 18.7. The standard InChI is InChI=1S/C30H35ClFN3O4S/c1-5-22(3)33-30(37)28(17-23-11-7-6-8-12-23)34(19-24-13-9-10-14-26(24)32)29(36)20-35(40(4,38)39)27-18-25(31)16-15-21(27)2/h6-16,18,22,28H,5,17,19-20H2,1-4H3,(H,33,37)/t22-,28-/m0/s1. The van der Waals surface area contributed by atoms with Gasteiger partial charge in [-0.25, -0.2) is 12.8 Å². The molecule has 7 nitrogen and oxygen atoms in total. The summed E-state index contributed by atoms with van der Waals surface area (Å²) in [6.45, 7) is 4.66. The third-order valence-electron chi connectivity index (χ3n) is 6.69. The molecule has 40 heavy (non-hydrogen) atoms. The predicted octanol–water partition coefficient (Wildman–Crippen LogP) is 5.11. The molecule has 0 aliphatic carbocycles. The zero-order valence-electron chi connectivity index (χ0n) is 23.1. The first-order valence-electron chi connectivity index (χ1n) is 13.0. The Bertz CT molecular complexity index is 1440. The lowest BCUT2D eigenvalue weighted by Crippen LogP contribution is -2.54. The van der Waals surface area contributed by atoms with E-state index >= 15 is 0 Å². The number of carbonyl (C=O) groups excluding carboxylic acids is 2. The highest BCUT2D eigenvalue weighted by atomic mass is 35.5. The van der Waals surface area contributed by atoms with Crippen molar-refractivity contribution in [3.05, 3.63) is 100 Å². The molecular formula is C30H35ClFN3O4S. The van der Waals surface area contributed by atoms with Gasteiger partial charge in [-0.3, -0.25) is 13.9 Å². The van der Waals surface area contributed by atoms with Crippen LogP contribution < -0.4 is 9.62 Å². The van der Waals surface area contributed by atoms with Gasteiger partial charge in [0.2, 0.25) is 21.8 Å². The maximum Gasteiger partial charge on any atom is 0.244 e. The van der Waals surface area contributed by atoms with E-state index < -0.39 is 40.2 Å². The highest BCUT2D eigenvalue weighted by Crippen LogP contribution is 2.27. The summed E-state index contributed by atoms with van der Waals surface area (Å²) in [5.74, 6) is -1.60. The summed E-state index contributed by atoms with van der Waals surface area (Å²) in [4.78, 5) is 29.0. The van der Waals surface area contributed by atoms with Gasteiger partial charge in [-0.15, -0.1) is 0 Å². The van der Waals surface area contributed by atoms with Gasteiger partial charge in [0.1, 0.15) is 18.4 Å². The Labute approximate surface area is 241 Å². The van der Waals surface area contributed by atoms with Gasteiger partial charge < -0.3 is 10.2 Å². The number of carbonyl (C=O) groups is 2. The van der Waals surface area contributed by atoms with E-state index in [4.69, 9.17) is 11.6 Å². The number of nitrogens with one attached hydrogen (secondary N) is 1. The topological polar surface area (TPSA) is 86.8 Å². The van der Waals surface area contributed by atoms with E-state index in [2.05, 4.69) is 5.32 Å². The van der Waals surface area contributed by atoms with E-state index in [1.807, 2.05) is 44.2 Å². The second kappa shape index (κ2) is 13.8. The van der Waals surface area contributed by atoms with Crippen LogP contribution in [-0.4, -0.2) is 50.0 Å². The van der Waals surface area contributed by atoms with Crippen molar-refractivity contribution in [3.8, 4) is 0 Å². The molecule has 10 heteroatoms. The van der Waals surface area contributed by atoms with Crippen LogP contribution in [0.25, 0.3) is 0 Å². The number of benzene rings is 3. The minimum atomic E-state index is -3.94. The first-order chi connectivity index (χ1) is 18.9. The van der Waals surface area contributed by atoms with Gasteiger partial charge in [0.25, 0.3) is 0 Å². The fraction of sp³-hybridized carbons (Fsp3) is 0.333. The number of amides is 2. The Morgan fingerprint density at radius 2 is 1.68 bits per heavy atom.